The average Bonchev–Trinajstić information content (AvgIpc) is 3.39. The number of ether oxygens (including phenoxy) is 1. The lowest BCUT2D eigenvalue weighted by Crippen LogP contribution is -2.27. The average molecular weight is 577 g/mol. The van der Waals surface area contributed by atoms with Crippen molar-refractivity contribution in [2.45, 2.75) is 25.4 Å². The summed E-state index contributed by atoms with van der Waals surface area (Å²) in [7, 11) is 0. The summed E-state index contributed by atoms with van der Waals surface area (Å²) in [6.45, 7) is 0.698. The Kier molecular flexibility index (Phi) is 8.91. The summed E-state index contributed by atoms with van der Waals surface area (Å²) in [5.74, 6) is 0.993. The van der Waals surface area contributed by atoms with Crippen LogP contribution in [0.3, 0.4) is 0 Å². The van der Waals surface area contributed by atoms with E-state index >= 15 is 0 Å². The van der Waals surface area contributed by atoms with Gasteiger partial charge in [0.2, 0.25) is 5.91 Å². The standard InChI is InChI=1S/C32H32N8O3/c33-29(41)28(10-5-15-37-32(34)35)40-27-12-11-23(31(42)38-20-21-13-16-36-17-14-21)19-26(27)39-30(40)22-6-4-9-25(18-22)43-24-7-2-1-3-8-24/h1-4,6-9,11-14,16-19,28H,5,10,15,20H2,(H2,33,41)(H,38,42)(H4,34,35,37)/t28-/m0/s1. The molecular weight excluding hydrogens is 544 g/mol. The molecule has 11 heteroatoms. The van der Waals surface area contributed by atoms with Crippen molar-refractivity contribution in [3.05, 3.63) is 108 Å². The van der Waals surface area contributed by atoms with Crippen molar-refractivity contribution in [1.82, 2.24) is 19.9 Å². The fourth-order valence-corrected chi connectivity index (χ4v) is 4.76. The first-order valence-corrected chi connectivity index (χ1v) is 13.8. The fraction of sp³-hybridized carbons (Fsp3) is 0.156. The Morgan fingerprint density at radius 2 is 1.67 bits per heavy atom. The first-order valence-electron chi connectivity index (χ1n) is 13.8. The second-order valence-corrected chi connectivity index (χ2v) is 9.86. The van der Waals surface area contributed by atoms with Gasteiger partial charge in [0.25, 0.3) is 5.91 Å². The van der Waals surface area contributed by atoms with Gasteiger partial charge in [-0.1, -0.05) is 30.3 Å². The number of pyridine rings is 1. The third kappa shape index (κ3) is 7.14. The lowest BCUT2D eigenvalue weighted by atomic mass is 10.1. The third-order valence-corrected chi connectivity index (χ3v) is 6.80. The molecule has 2 aromatic heterocycles. The predicted octanol–water partition coefficient (Wildman–Crippen LogP) is 3.90. The highest BCUT2D eigenvalue weighted by molar-refractivity contribution is 5.98. The maximum absolute atomic E-state index is 13.0. The first kappa shape index (κ1) is 28.8. The van der Waals surface area contributed by atoms with Crippen molar-refractivity contribution in [3.63, 3.8) is 0 Å². The highest BCUT2D eigenvalue weighted by Gasteiger charge is 2.25. The van der Waals surface area contributed by atoms with E-state index in [1.807, 2.05) is 71.3 Å². The second-order valence-electron chi connectivity index (χ2n) is 9.86. The van der Waals surface area contributed by atoms with E-state index in [0.717, 1.165) is 5.56 Å². The minimum absolute atomic E-state index is 0.0191. The zero-order valence-electron chi connectivity index (χ0n) is 23.4. The third-order valence-electron chi connectivity index (χ3n) is 6.80. The summed E-state index contributed by atoms with van der Waals surface area (Å²) in [6.07, 6.45) is 4.23. The highest BCUT2D eigenvalue weighted by Crippen LogP contribution is 2.33. The van der Waals surface area contributed by atoms with Crippen molar-refractivity contribution in [3.8, 4) is 22.9 Å². The van der Waals surface area contributed by atoms with Crippen molar-refractivity contribution < 1.29 is 14.3 Å². The molecule has 0 fully saturated rings. The van der Waals surface area contributed by atoms with Crippen LogP contribution in [0.4, 0.5) is 0 Å². The van der Waals surface area contributed by atoms with E-state index in [2.05, 4.69) is 15.3 Å². The molecule has 0 spiro atoms. The molecule has 0 aliphatic heterocycles. The number of nitrogens with zero attached hydrogens (tertiary/aromatic N) is 4. The van der Waals surface area contributed by atoms with Gasteiger partial charge in [-0.25, -0.2) is 4.98 Å². The first-order chi connectivity index (χ1) is 20.9. The van der Waals surface area contributed by atoms with Gasteiger partial charge in [0.05, 0.1) is 11.0 Å². The summed E-state index contributed by atoms with van der Waals surface area (Å²) in [5, 5.41) is 2.92. The number of imidazole rings is 1. The number of fused-ring (bicyclic) bond motifs is 1. The van der Waals surface area contributed by atoms with E-state index in [9.17, 15) is 9.59 Å². The van der Waals surface area contributed by atoms with E-state index in [0.29, 0.717) is 65.4 Å². The van der Waals surface area contributed by atoms with Crippen LogP contribution in [0.25, 0.3) is 22.4 Å². The SMILES string of the molecule is NC(=O)[C@H](CCCN=C(N)N)n1c(-c2cccc(Oc3ccccc3)c2)nc2cc(C(=O)NCc3ccncc3)ccc21. The van der Waals surface area contributed by atoms with Crippen molar-refractivity contribution >= 4 is 28.8 Å². The van der Waals surface area contributed by atoms with Gasteiger partial charge >= 0.3 is 0 Å². The number of nitrogens with two attached hydrogens (primary N) is 3. The number of primary amides is 1. The number of nitrogens with one attached hydrogen (secondary N) is 1. The number of benzene rings is 3. The Morgan fingerprint density at radius 3 is 2.42 bits per heavy atom. The summed E-state index contributed by atoms with van der Waals surface area (Å²) < 4.78 is 7.87. The summed E-state index contributed by atoms with van der Waals surface area (Å²) in [4.78, 5) is 38.8. The summed E-state index contributed by atoms with van der Waals surface area (Å²) in [6, 6.07) is 25.0. The number of guanidine groups is 1. The maximum atomic E-state index is 13.0. The molecule has 0 bridgehead atoms. The van der Waals surface area contributed by atoms with Gasteiger partial charge in [-0.2, -0.15) is 0 Å². The maximum Gasteiger partial charge on any atom is 0.251 e. The molecule has 0 saturated carbocycles. The van der Waals surface area contributed by atoms with Gasteiger partial charge in [-0.3, -0.25) is 19.6 Å². The highest BCUT2D eigenvalue weighted by atomic mass is 16.5. The quantitative estimate of drug-likeness (QED) is 0.0988. The Balaban J connectivity index is 1.52. The summed E-state index contributed by atoms with van der Waals surface area (Å²) >= 11 is 0. The van der Waals surface area contributed by atoms with Crippen molar-refractivity contribution in [1.29, 1.82) is 0 Å². The van der Waals surface area contributed by atoms with Crippen LogP contribution in [0, 0.1) is 0 Å². The zero-order valence-corrected chi connectivity index (χ0v) is 23.4. The number of aromatic nitrogens is 3. The number of carbonyl (C=O) groups excluding carboxylic acids is 2. The Bertz CT molecular complexity index is 1750. The van der Waals surface area contributed by atoms with E-state index in [1.54, 1.807) is 30.6 Å². The largest absolute Gasteiger partial charge is 0.457 e. The monoisotopic (exact) mass is 576 g/mol. The number of para-hydroxylation sites is 1. The molecule has 3 aromatic carbocycles. The van der Waals surface area contributed by atoms with Crippen LogP contribution in [0.2, 0.25) is 0 Å². The minimum Gasteiger partial charge on any atom is -0.457 e. The molecular formula is C32H32N8O3. The van der Waals surface area contributed by atoms with E-state index in [1.165, 1.54) is 0 Å². The van der Waals surface area contributed by atoms with Crippen LogP contribution in [-0.2, 0) is 11.3 Å². The number of hydrogen-bond acceptors (Lipinski definition) is 6. The molecule has 0 aliphatic carbocycles. The van der Waals surface area contributed by atoms with Gasteiger partial charge in [-0.15, -0.1) is 0 Å². The molecule has 0 saturated heterocycles. The molecule has 2 amide bonds. The summed E-state index contributed by atoms with van der Waals surface area (Å²) in [5.41, 5.74) is 20.2. The molecule has 0 unspecified atom stereocenters. The molecule has 2 heterocycles. The zero-order chi connectivity index (χ0) is 30.2. The molecule has 5 aromatic rings. The molecule has 7 N–H and O–H groups in total. The number of hydrogen-bond donors (Lipinski definition) is 4. The topological polar surface area (TPSA) is 177 Å². The molecule has 11 nitrogen and oxygen atoms in total. The number of amides is 2. The lowest BCUT2D eigenvalue weighted by molar-refractivity contribution is -0.121. The molecule has 5 rings (SSSR count). The van der Waals surface area contributed by atoms with Gasteiger partial charge < -0.3 is 31.8 Å². The van der Waals surface area contributed by atoms with Crippen LogP contribution < -0.4 is 27.3 Å². The van der Waals surface area contributed by atoms with Crippen molar-refractivity contribution in [2.75, 3.05) is 6.54 Å². The van der Waals surface area contributed by atoms with Crippen LogP contribution in [0.1, 0.15) is 34.8 Å². The van der Waals surface area contributed by atoms with Gasteiger partial charge in [0, 0.05) is 36.6 Å². The Labute approximate surface area is 248 Å². The number of carbonyl (C=O) groups is 2. The van der Waals surface area contributed by atoms with Crippen molar-refractivity contribution in [2.24, 2.45) is 22.2 Å². The smallest absolute Gasteiger partial charge is 0.251 e. The van der Waals surface area contributed by atoms with Crippen LogP contribution in [0.15, 0.2) is 102 Å². The van der Waals surface area contributed by atoms with E-state index < -0.39 is 11.9 Å². The molecule has 1 atom stereocenters. The molecule has 43 heavy (non-hydrogen) atoms. The molecule has 218 valence electrons. The van der Waals surface area contributed by atoms with Gasteiger partial charge in [0.1, 0.15) is 23.4 Å². The minimum atomic E-state index is -0.751. The Morgan fingerprint density at radius 1 is 0.907 bits per heavy atom. The van der Waals surface area contributed by atoms with Gasteiger partial charge in [0.15, 0.2) is 5.96 Å². The Hall–Kier alpha value is -5.71. The predicted molar refractivity (Wildman–Crippen MR) is 165 cm³/mol. The number of rotatable bonds is 12. The molecule has 0 aliphatic rings. The second kappa shape index (κ2) is 13.3. The van der Waals surface area contributed by atoms with Gasteiger partial charge in [-0.05, 0) is 73.0 Å². The van der Waals surface area contributed by atoms with E-state index in [-0.39, 0.29) is 11.9 Å². The van der Waals surface area contributed by atoms with Crippen LogP contribution in [0.5, 0.6) is 11.5 Å². The lowest BCUT2D eigenvalue weighted by Gasteiger charge is -2.19. The van der Waals surface area contributed by atoms with E-state index in [4.69, 9.17) is 26.9 Å². The fourth-order valence-electron chi connectivity index (χ4n) is 4.76. The molecule has 0 radical (unpaired) electrons. The van der Waals surface area contributed by atoms with Crippen LogP contribution in [-0.4, -0.2) is 38.9 Å². The number of aliphatic imine (C=N–C) groups is 1. The normalized spacial score (nSPS) is 11.5. The van der Waals surface area contributed by atoms with Crippen LogP contribution >= 0.6 is 0 Å².